The van der Waals surface area contributed by atoms with E-state index in [0.717, 1.165) is 0 Å². The van der Waals surface area contributed by atoms with E-state index >= 15 is 0 Å². The fraction of sp³-hybridized carbons (Fsp3) is 0.385. The third-order valence-electron chi connectivity index (χ3n) is 3.59. The summed E-state index contributed by atoms with van der Waals surface area (Å²) in [6.45, 7) is 0.279. The van der Waals surface area contributed by atoms with Gasteiger partial charge in [-0.1, -0.05) is 24.3 Å². The van der Waals surface area contributed by atoms with Gasteiger partial charge < -0.3 is 5.32 Å². The maximum Gasteiger partial charge on any atom is 0.246 e. The highest BCUT2D eigenvalue weighted by Gasteiger charge is 2.39. The standard InChI is InChI=1S/C13H15ClN2O2S/c14-10-5-1-3-7-12(10)16-9-15-11-6-2-4-8-13(11)19(16,17)18/h1-4,6,8,10,12,15H,5,7,9H2. The van der Waals surface area contributed by atoms with Crippen molar-refractivity contribution in [3.05, 3.63) is 36.4 Å². The molecule has 0 spiro atoms. The van der Waals surface area contributed by atoms with Crippen molar-refractivity contribution in [2.24, 2.45) is 0 Å². The molecule has 2 unspecified atom stereocenters. The lowest BCUT2D eigenvalue weighted by molar-refractivity contribution is 0.315. The summed E-state index contributed by atoms with van der Waals surface area (Å²) in [5.41, 5.74) is 0.663. The highest BCUT2D eigenvalue weighted by molar-refractivity contribution is 7.89. The average Bonchev–Trinajstić information content (AvgIpc) is 2.40. The molecule has 1 N–H and O–H groups in total. The van der Waals surface area contributed by atoms with Gasteiger partial charge in [-0.3, -0.25) is 0 Å². The molecule has 0 saturated heterocycles. The van der Waals surface area contributed by atoms with Crippen LogP contribution in [0.25, 0.3) is 0 Å². The normalized spacial score (nSPS) is 29.5. The molecule has 1 aliphatic heterocycles. The zero-order valence-electron chi connectivity index (χ0n) is 10.3. The Morgan fingerprint density at radius 1 is 1.21 bits per heavy atom. The summed E-state index contributed by atoms with van der Waals surface area (Å²) in [5, 5.41) is 2.98. The summed E-state index contributed by atoms with van der Waals surface area (Å²) >= 11 is 6.29. The number of nitrogens with one attached hydrogen (secondary N) is 1. The Labute approximate surface area is 118 Å². The lowest BCUT2D eigenvalue weighted by atomic mass is 10.0. The molecule has 3 rings (SSSR count). The molecule has 0 bridgehead atoms. The van der Waals surface area contributed by atoms with Crippen molar-refractivity contribution in [1.29, 1.82) is 0 Å². The number of sulfonamides is 1. The van der Waals surface area contributed by atoms with Crippen LogP contribution in [0.5, 0.6) is 0 Å². The smallest absolute Gasteiger partial charge is 0.246 e. The van der Waals surface area contributed by atoms with E-state index < -0.39 is 10.0 Å². The van der Waals surface area contributed by atoms with Crippen molar-refractivity contribution in [1.82, 2.24) is 4.31 Å². The van der Waals surface area contributed by atoms with Crippen LogP contribution in [0, 0.1) is 0 Å². The molecular weight excluding hydrogens is 284 g/mol. The first-order chi connectivity index (χ1) is 9.10. The number of nitrogens with zero attached hydrogens (tertiary/aromatic N) is 1. The Balaban J connectivity index is 2.00. The van der Waals surface area contributed by atoms with Gasteiger partial charge in [-0.25, -0.2) is 8.42 Å². The van der Waals surface area contributed by atoms with Gasteiger partial charge in [-0.05, 0) is 25.0 Å². The summed E-state index contributed by atoms with van der Waals surface area (Å²) in [7, 11) is -3.46. The van der Waals surface area contributed by atoms with E-state index in [2.05, 4.69) is 5.32 Å². The Morgan fingerprint density at radius 3 is 2.74 bits per heavy atom. The first kappa shape index (κ1) is 13.0. The molecule has 0 amide bonds. The minimum Gasteiger partial charge on any atom is -0.370 e. The second-order valence-electron chi connectivity index (χ2n) is 4.75. The van der Waals surface area contributed by atoms with E-state index in [-0.39, 0.29) is 18.1 Å². The van der Waals surface area contributed by atoms with Gasteiger partial charge in [0.25, 0.3) is 0 Å². The number of rotatable bonds is 1. The van der Waals surface area contributed by atoms with Gasteiger partial charge in [0.2, 0.25) is 10.0 Å². The fourth-order valence-corrected chi connectivity index (χ4v) is 4.73. The number of fused-ring (bicyclic) bond motifs is 1. The van der Waals surface area contributed by atoms with Crippen molar-refractivity contribution in [2.75, 3.05) is 12.0 Å². The Bertz CT molecular complexity index is 615. The molecular formula is C13H15ClN2O2S. The van der Waals surface area contributed by atoms with Gasteiger partial charge in [0, 0.05) is 6.04 Å². The van der Waals surface area contributed by atoms with Crippen molar-refractivity contribution in [3.63, 3.8) is 0 Å². The Hall–Kier alpha value is -1.04. The van der Waals surface area contributed by atoms with Gasteiger partial charge >= 0.3 is 0 Å². The number of allylic oxidation sites excluding steroid dienone is 1. The predicted molar refractivity (Wildman–Crippen MR) is 75.8 cm³/mol. The summed E-state index contributed by atoms with van der Waals surface area (Å²) in [4.78, 5) is 0.333. The molecule has 1 aromatic rings. The molecule has 0 aromatic heterocycles. The quantitative estimate of drug-likeness (QED) is 0.640. The van der Waals surface area contributed by atoms with Crippen molar-refractivity contribution in [2.45, 2.75) is 29.2 Å². The van der Waals surface area contributed by atoms with E-state index in [0.29, 0.717) is 23.4 Å². The molecule has 1 aromatic carbocycles. The van der Waals surface area contributed by atoms with Crippen LogP contribution in [0.3, 0.4) is 0 Å². The lowest BCUT2D eigenvalue weighted by Gasteiger charge is -2.37. The highest BCUT2D eigenvalue weighted by Crippen LogP contribution is 2.33. The van der Waals surface area contributed by atoms with Crippen LogP contribution in [0.4, 0.5) is 5.69 Å². The molecule has 1 aliphatic carbocycles. The third-order valence-corrected chi connectivity index (χ3v) is 5.99. The molecule has 6 heteroatoms. The molecule has 2 aliphatic rings. The molecule has 4 nitrogen and oxygen atoms in total. The molecule has 102 valence electrons. The monoisotopic (exact) mass is 298 g/mol. The van der Waals surface area contributed by atoms with Crippen LogP contribution < -0.4 is 5.32 Å². The third kappa shape index (κ3) is 2.16. The maximum absolute atomic E-state index is 12.7. The lowest BCUT2D eigenvalue weighted by Crippen LogP contribution is -2.50. The summed E-state index contributed by atoms with van der Waals surface area (Å²) < 4.78 is 26.8. The van der Waals surface area contributed by atoms with E-state index in [9.17, 15) is 8.42 Å². The minimum atomic E-state index is -3.46. The number of para-hydroxylation sites is 1. The van der Waals surface area contributed by atoms with Gasteiger partial charge in [0.15, 0.2) is 0 Å². The highest BCUT2D eigenvalue weighted by atomic mass is 35.5. The Morgan fingerprint density at radius 2 is 1.95 bits per heavy atom. The van der Waals surface area contributed by atoms with Crippen molar-refractivity contribution < 1.29 is 8.42 Å². The molecule has 0 fully saturated rings. The second-order valence-corrected chi connectivity index (χ2v) is 7.17. The van der Waals surface area contributed by atoms with Gasteiger partial charge in [0.05, 0.1) is 17.7 Å². The van der Waals surface area contributed by atoms with E-state index in [1.807, 2.05) is 18.2 Å². The topological polar surface area (TPSA) is 49.4 Å². The maximum atomic E-state index is 12.7. The summed E-state index contributed by atoms with van der Waals surface area (Å²) in [6, 6.07) is 6.79. The van der Waals surface area contributed by atoms with Crippen LogP contribution in [0.15, 0.2) is 41.3 Å². The summed E-state index contributed by atoms with van der Waals surface area (Å²) in [6.07, 6.45) is 5.38. The summed E-state index contributed by atoms with van der Waals surface area (Å²) in [5.74, 6) is 0. The fourth-order valence-electron chi connectivity index (χ4n) is 2.57. The molecule has 1 heterocycles. The average molecular weight is 299 g/mol. The number of benzene rings is 1. The number of alkyl halides is 1. The second kappa shape index (κ2) is 4.81. The van der Waals surface area contributed by atoms with Crippen LogP contribution in [0.1, 0.15) is 12.8 Å². The zero-order chi connectivity index (χ0) is 13.5. The van der Waals surface area contributed by atoms with Crippen molar-refractivity contribution in [3.8, 4) is 0 Å². The Kier molecular flexibility index (Phi) is 3.28. The molecule has 0 saturated carbocycles. The molecule has 19 heavy (non-hydrogen) atoms. The molecule has 2 atom stereocenters. The van der Waals surface area contributed by atoms with E-state index in [1.165, 1.54) is 4.31 Å². The van der Waals surface area contributed by atoms with Crippen LogP contribution in [0.2, 0.25) is 0 Å². The number of hydrogen-bond acceptors (Lipinski definition) is 3. The van der Waals surface area contributed by atoms with Gasteiger partial charge in [-0.15, -0.1) is 11.6 Å². The first-order valence-corrected chi connectivity index (χ1v) is 8.12. The minimum absolute atomic E-state index is 0.174. The van der Waals surface area contributed by atoms with Gasteiger partial charge in [0.1, 0.15) is 4.90 Å². The van der Waals surface area contributed by atoms with Crippen LogP contribution in [-0.4, -0.2) is 30.8 Å². The van der Waals surface area contributed by atoms with Gasteiger partial charge in [-0.2, -0.15) is 4.31 Å². The number of hydrogen-bond donors (Lipinski definition) is 1. The predicted octanol–water partition coefficient (Wildman–Crippen LogP) is 2.39. The van der Waals surface area contributed by atoms with Crippen LogP contribution in [-0.2, 0) is 10.0 Å². The van der Waals surface area contributed by atoms with Crippen molar-refractivity contribution >= 4 is 27.3 Å². The number of anilines is 1. The first-order valence-electron chi connectivity index (χ1n) is 6.24. The SMILES string of the molecule is O=S1(=O)c2ccccc2NCN1C1CC=CCC1Cl. The van der Waals surface area contributed by atoms with E-state index in [4.69, 9.17) is 11.6 Å². The zero-order valence-corrected chi connectivity index (χ0v) is 11.9. The number of halogens is 1. The van der Waals surface area contributed by atoms with E-state index in [1.54, 1.807) is 18.2 Å². The molecule has 0 radical (unpaired) electrons. The largest absolute Gasteiger partial charge is 0.370 e. The van der Waals surface area contributed by atoms with Crippen LogP contribution >= 0.6 is 11.6 Å².